The Labute approximate surface area is 173 Å². The van der Waals surface area contributed by atoms with Crippen LogP contribution in [0.2, 0.25) is 0 Å². The molecule has 1 fully saturated rings. The van der Waals surface area contributed by atoms with E-state index in [0.29, 0.717) is 23.3 Å². The van der Waals surface area contributed by atoms with E-state index in [4.69, 9.17) is 0 Å². The van der Waals surface area contributed by atoms with Crippen molar-refractivity contribution >= 4 is 9.84 Å². The van der Waals surface area contributed by atoms with Crippen LogP contribution in [0.1, 0.15) is 44.4 Å². The summed E-state index contributed by atoms with van der Waals surface area (Å²) in [6.45, 7) is 9.31. The van der Waals surface area contributed by atoms with Crippen molar-refractivity contribution < 1.29 is 8.42 Å². The van der Waals surface area contributed by atoms with Gasteiger partial charge in [0.05, 0.1) is 10.6 Å². The lowest BCUT2D eigenvalue weighted by molar-refractivity contribution is 0.126. The van der Waals surface area contributed by atoms with Gasteiger partial charge in [0.15, 0.2) is 9.84 Å². The number of nitrogens with zero attached hydrogens (tertiary/aromatic N) is 2. The van der Waals surface area contributed by atoms with Crippen LogP contribution >= 0.6 is 0 Å². The molecule has 5 nitrogen and oxygen atoms in total. The topological polar surface area (TPSA) is 59.4 Å². The third-order valence-electron chi connectivity index (χ3n) is 6.31. The van der Waals surface area contributed by atoms with E-state index in [1.807, 2.05) is 28.8 Å². The van der Waals surface area contributed by atoms with Gasteiger partial charge in [0.2, 0.25) is 0 Å². The molecule has 0 spiro atoms. The zero-order valence-electron chi connectivity index (χ0n) is 17.5. The van der Waals surface area contributed by atoms with Crippen LogP contribution in [-0.2, 0) is 21.8 Å². The van der Waals surface area contributed by atoms with E-state index >= 15 is 0 Å². The van der Waals surface area contributed by atoms with Crippen molar-refractivity contribution in [2.24, 2.45) is 5.92 Å². The number of rotatable bonds is 4. The molecular weight excluding hydrogens is 384 g/mol. The van der Waals surface area contributed by atoms with Crippen LogP contribution < -0.4 is 5.56 Å². The average Bonchev–Trinajstić information content (AvgIpc) is 2.67. The van der Waals surface area contributed by atoms with Gasteiger partial charge in [-0.25, -0.2) is 8.42 Å². The number of benzene rings is 1. The van der Waals surface area contributed by atoms with E-state index in [2.05, 4.69) is 25.7 Å². The molecule has 156 valence electrons. The van der Waals surface area contributed by atoms with Gasteiger partial charge in [0, 0.05) is 43.9 Å². The first-order chi connectivity index (χ1) is 13.6. The molecule has 0 radical (unpaired) electrons. The van der Waals surface area contributed by atoms with Crippen molar-refractivity contribution in [2.75, 3.05) is 25.4 Å². The highest BCUT2D eigenvalue weighted by Crippen LogP contribution is 2.35. The van der Waals surface area contributed by atoms with E-state index in [1.165, 1.54) is 0 Å². The monoisotopic (exact) mass is 414 g/mol. The summed E-state index contributed by atoms with van der Waals surface area (Å²) in [6, 6.07) is 12.8. The lowest BCUT2D eigenvalue weighted by Gasteiger charge is -2.42. The van der Waals surface area contributed by atoms with Gasteiger partial charge in [-0.05, 0) is 41.5 Å². The molecule has 6 heteroatoms. The van der Waals surface area contributed by atoms with Crippen LogP contribution in [0.3, 0.4) is 0 Å². The van der Waals surface area contributed by atoms with Gasteiger partial charge in [0.25, 0.3) is 5.56 Å². The van der Waals surface area contributed by atoms with Crippen LogP contribution in [0.15, 0.2) is 52.2 Å². The van der Waals surface area contributed by atoms with Gasteiger partial charge in [-0.2, -0.15) is 0 Å². The predicted octanol–water partition coefficient (Wildman–Crippen LogP) is 3.04. The zero-order valence-corrected chi connectivity index (χ0v) is 18.3. The molecule has 0 saturated carbocycles. The predicted molar refractivity (Wildman–Crippen MR) is 115 cm³/mol. The Balaban J connectivity index is 1.44. The third-order valence-corrected chi connectivity index (χ3v) is 8.02. The third kappa shape index (κ3) is 4.19. The first kappa shape index (κ1) is 20.4. The molecule has 0 amide bonds. The first-order valence-electron chi connectivity index (χ1n) is 10.4. The Kier molecular flexibility index (Phi) is 5.20. The summed E-state index contributed by atoms with van der Waals surface area (Å²) in [5.41, 5.74) is 2.31. The standard InChI is InChI=1S/C23H30N2O3S/c1-23(2,3)19-7-9-20(10-8-19)29(27,28)12-11-24-14-17-13-18(16-24)21-5-4-6-22(26)25(21)15-17/h4-10,17-18H,11-16H2,1-3H3/t17-,18+/m1/s1. The molecule has 3 heterocycles. The number of piperidine rings is 1. The Morgan fingerprint density at radius 3 is 2.41 bits per heavy atom. The second-order valence-electron chi connectivity index (χ2n) is 9.55. The number of sulfone groups is 1. The fraction of sp³-hybridized carbons (Fsp3) is 0.522. The minimum Gasteiger partial charge on any atom is -0.312 e. The number of pyridine rings is 1. The number of aromatic nitrogens is 1. The fourth-order valence-electron chi connectivity index (χ4n) is 4.71. The fourth-order valence-corrected chi connectivity index (χ4v) is 5.99. The van der Waals surface area contributed by atoms with E-state index in [0.717, 1.165) is 37.3 Å². The molecular formula is C23H30N2O3S. The Hall–Kier alpha value is -1.92. The van der Waals surface area contributed by atoms with Crippen molar-refractivity contribution in [1.29, 1.82) is 0 Å². The van der Waals surface area contributed by atoms with Crippen LogP contribution in [0, 0.1) is 5.92 Å². The summed E-state index contributed by atoms with van der Waals surface area (Å²) in [7, 11) is -3.31. The lowest BCUT2D eigenvalue weighted by Crippen LogP contribution is -2.48. The molecule has 0 N–H and O–H groups in total. The molecule has 0 unspecified atom stereocenters. The molecule has 2 aliphatic heterocycles. The summed E-state index contributed by atoms with van der Waals surface area (Å²) in [5.74, 6) is 0.850. The molecule has 2 aromatic rings. The maximum atomic E-state index is 12.9. The van der Waals surface area contributed by atoms with Gasteiger partial charge in [-0.1, -0.05) is 39.0 Å². The zero-order chi connectivity index (χ0) is 20.8. The first-order valence-corrected chi connectivity index (χ1v) is 12.0. The van der Waals surface area contributed by atoms with E-state index in [1.54, 1.807) is 18.2 Å². The van der Waals surface area contributed by atoms with Gasteiger partial charge < -0.3 is 9.47 Å². The minimum absolute atomic E-state index is 0.00609. The summed E-state index contributed by atoms with van der Waals surface area (Å²) in [4.78, 5) is 14.8. The molecule has 0 aliphatic carbocycles. The molecule has 1 saturated heterocycles. The van der Waals surface area contributed by atoms with Crippen molar-refractivity contribution in [3.05, 3.63) is 64.1 Å². The minimum atomic E-state index is -3.31. The molecule has 1 aromatic heterocycles. The number of likely N-dealkylation sites (tertiary alicyclic amines) is 1. The second-order valence-corrected chi connectivity index (χ2v) is 11.7. The number of hydrogen-bond acceptors (Lipinski definition) is 4. The quantitative estimate of drug-likeness (QED) is 0.772. The van der Waals surface area contributed by atoms with Crippen molar-refractivity contribution in [1.82, 2.24) is 9.47 Å². The van der Waals surface area contributed by atoms with Crippen molar-refractivity contribution in [3.8, 4) is 0 Å². The molecule has 2 atom stereocenters. The molecule has 2 bridgehead atoms. The summed E-state index contributed by atoms with van der Waals surface area (Å²) in [5, 5.41) is 0. The molecule has 4 rings (SSSR count). The van der Waals surface area contributed by atoms with E-state index in [-0.39, 0.29) is 16.7 Å². The maximum absolute atomic E-state index is 12.9. The number of hydrogen-bond donors (Lipinski definition) is 0. The molecule has 1 aromatic carbocycles. The van der Waals surface area contributed by atoms with Crippen LogP contribution in [0.5, 0.6) is 0 Å². The molecule has 29 heavy (non-hydrogen) atoms. The van der Waals surface area contributed by atoms with E-state index < -0.39 is 9.84 Å². The van der Waals surface area contributed by atoms with E-state index in [9.17, 15) is 13.2 Å². The smallest absolute Gasteiger partial charge is 0.250 e. The Morgan fingerprint density at radius 1 is 1.00 bits per heavy atom. The maximum Gasteiger partial charge on any atom is 0.250 e. The van der Waals surface area contributed by atoms with Crippen LogP contribution in [-0.4, -0.2) is 43.3 Å². The largest absolute Gasteiger partial charge is 0.312 e. The van der Waals surface area contributed by atoms with Gasteiger partial charge in [-0.3, -0.25) is 4.79 Å². The van der Waals surface area contributed by atoms with Crippen molar-refractivity contribution in [3.63, 3.8) is 0 Å². The summed E-state index contributed by atoms with van der Waals surface area (Å²) in [6.07, 6.45) is 1.08. The SMILES string of the molecule is CC(C)(C)c1ccc(S(=O)(=O)CCN2C[C@H]3C[C@@H](C2)c2cccc(=O)n2C3)cc1. The van der Waals surface area contributed by atoms with Gasteiger partial charge in [0.1, 0.15) is 0 Å². The number of fused-ring (bicyclic) bond motifs is 4. The summed E-state index contributed by atoms with van der Waals surface area (Å²) < 4.78 is 27.6. The van der Waals surface area contributed by atoms with Crippen LogP contribution in [0.25, 0.3) is 0 Å². The highest BCUT2D eigenvalue weighted by Gasteiger charge is 2.34. The van der Waals surface area contributed by atoms with Gasteiger partial charge in [-0.15, -0.1) is 0 Å². The van der Waals surface area contributed by atoms with Crippen LogP contribution in [0.4, 0.5) is 0 Å². The Morgan fingerprint density at radius 2 is 1.72 bits per heavy atom. The molecule has 2 aliphatic rings. The van der Waals surface area contributed by atoms with Crippen molar-refractivity contribution in [2.45, 2.75) is 50.0 Å². The van der Waals surface area contributed by atoms with Gasteiger partial charge >= 0.3 is 0 Å². The average molecular weight is 415 g/mol. The Bertz CT molecular complexity index is 1050. The highest BCUT2D eigenvalue weighted by atomic mass is 32.2. The lowest BCUT2D eigenvalue weighted by atomic mass is 9.83. The normalized spacial score (nSPS) is 22.3. The highest BCUT2D eigenvalue weighted by molar-refractivity contribution is 7.91. The second kappa shape index (κ2) is 7.40. The summed E-state index contributed by atoms with van der Waals surface area (Å²) >= 11 is 0.